The SMILES string of the molecule is O=C(Cc1ccccc1F)NC1CCOc2ccccc21. The lowest BCUT2D eigenvalue weighted by molar-refractivity contribution is -0.121. The second kappa shape index (κ2) is 5.95. The molecule has 0 aliphatic carbocycles. The maximum absolute atomic E-state index is 13.6. The molecule has 0 saturated carbocycles. The zero-order valence-electron chi connectivity index (χ0n) is 11.5. The van der Waals surface area contributed by atoms with Crippen molar-refractivity contribution in [2.24, 2.45) is 0 Å². The summed E-state index contributed by atoms with van der Waals surface area (Å²) >= 11 is 0. The molecule has 0 fully saturated rings. The van der Waals surface area contributed by atoms with Crippen LogP contribution >= 0.6 is 0 Å². The molecule has 2 aromatic rings. The van der Waals surface area contributed by atoms with E-state index in [9.17, 15) is 9.18 Å². The fraction of sp³-hybridized carbons (Fsp3) is 0.235. The van der Waals surface area contributed by atoms with Crippen LogP contribution in [-0.4, -0.2) is 12.5 Å². The Balaban J connectivity index is 1.70. The summed E-state index contributed by atoms with van der Waals surface area (Å²) in [5.41, 5.74) is 1.39. The summed E-state index contributed by atoms with van der Waals surface area (Å²) in [6.45, 7) is 0.571. The van der Waals surface area contributed by atoms with Gasteiger partial charge >= 0.3 is 0 Å². The standard InChI is InChI=1S/C17H16FNO2/c18-14-7-3-1-5-12(14)11-17(20)19-15-9-10-21-16-8-4-2-6-13(15)16/h1-8,15H,9-11H2,(H,19,20). The average molecular weight is 285 g/mol. The Bertz CT molecular complexity index is 657. The van der Waals surface area contributed by atoms with Crippen LogP contribution < -0.4 is 10.1 Å². The van der Waals surface area contributed by atoms with Crippen LogP contribution in [0.2, 0.25) is 0 Å². The molecule has 1 aliphatic heterocycles. The number of fused-ring (bicyclic) bond motifs is 1. The van der Waals surface area contributed by atoms with Crippen molar-refractivity contribution < 1.29 is 13.9 Å². The molecule has 0 aromatic heterocycles. The number of ether oxygens (including phenoxy) is 1. The Labute approximate surface area is 122 Å². The molecule has 3 rings (SSSR count). The van der Waals surface area contributed by atoms with Crippen molar-refractivity contribution in [3.05, 3.63) is 65.5 Å². The topological polar surface area (TPSA) is 38.3 Å². The highest BCUT2D eigenvalue weighted by Gasteiger charge is 2.22. The van der Waals surface area contributed by atoms with E-state index in [0.29, 0.717) is 12.2 Å². The molecule has 3 nitrogen and oxygen atoms in total. The molecule has 1 heterocycles. The van der Waals surface area contributed by atoms with Gasteiger partial charge in [0.25, 0.3) is 0 Å². The normalized spacial score (nSPS) is 16.7. The van der Waals surface area contributed by atoms with E-state index < -0.39 is 0 Å². The first kappa shape index (κ1) is 13.6. The number of nitrogens with one attached hydrogen (secondary N) is 1. The molecule has 0 bridgehead atoms. The number of amides is 1. The maximum atomic E-state index is 13.6. The zero-order chi connectivity index (χ0) is 14.7. The van der Waals surface area contributed by atoms with Gasteiger partial charge in [-0.3, -0.25) is 4.79 Å². The number of carbonyl (C=O) groups excluding carboxylic acids is 1. The Morgan fingerprint density at radius 3 is 2.81 bits per heavy atom. The number of benzene rings is 2. The lowest BCUT2D eigenvalue weighted by Gasteiger charge is -2.26. The molecule has 2 aromatic carbocycles. The molecule has 21 heavy (non-hydrogen) atoms. The van der Waals surface area contributed by atoms with Crippen LogP contribution in [0.1, 0.15) is 23.6 Å². The number of halogens is 1. The van der Waals surface area contributed by atoms with Crippen molar-refractivity contribution in [2.45, 2.75) is 18.9 Å². The van der Waals surface area contributed by atoms with Crippen LogP contribution in [0, 0.1) is 5.82 Å². The molecule has 1 atom stereocenters. The van der Waals surface area contributed by atoms with E-state index in [4.69, 9.17) is 4.74 Å². The fourth-order valence-electron chi connectivity index (χ4n) is 2.55. The van der Waals surface area contributed by atoms with Crippen molar-refractivity contribution in [3.63, 3.8) is 0 Å². The molecular formula is C17H16FNO2. The van der Waals surface area contributed by atoms with E-state index in [1.807, 2.05) is 24.3 Å². The Morgan fingerprint density at radius 1 is 1.19 bits per heavy atom. The van der Waals surface area contributed by atoms with Crippen molar-refractivity contribution in [3.8, 4) is 5.75 Å². The van der Waals surface area contributed by atoms with Crippen molar-refractivity contribution in [2.75, 3.05) is 6.61 Å². The lowest BCUT2D eigenvalue weighted by atomic mass is 10.00. The van der Waals surface area contributed by atoms with Gasteiger partial charge in [0.2, 0.25) is 5.91 Å². The third-order valence-electron chi connectivity index (χ3n) is 3.60. The van der Waals surface area contributed by atoms with Crippen molar-refractivity contribution in [1.29, 1.82) is 0 Å². The largest absolute Gasteiger partial charge is 0.493 e. The second-order valence-corrected chi connectivity index (χ2v) is 5.06. The van der Waals surface area contributed by atoms with Crippen LogP contribution in [-0.2, 0) is 11.2 Å². The fourth-order valence-corrected chi connectivity index (χ4v) is 2.55. The highest BCUT2D eigenvalue weighted by atomic mass is 19.1. The minimum absolute atomic E-state index is 0.0478. The predicted octanol–water partition coefficient (Wildman–Crippen LogP) is 3.01. The lowest BCUT2D eigenvalue weighted by Crippen LogP contribution is -2.33. The molecule has 4 heteroatoms. The molecule has 1 N–H and O–H groups in total. The van der Waals surface area contributed by atoms with Crippen LogP contribution in [0.5, 0.6) is 5.75 Å². The molecule has 108 valence electrons. The third-order valence-corrected chi connectivity index (χ3v) is 3.60. The summed E-state index contributed by atoms with van der Waals surface area (Å²) in [7, 11) is 0. The van der Waals surface area contributed by atoms with Gasteiger partial charge in [0, 0.05) is 12.0 Å². The predicted molar refractivity (Wildman–Crippen MR) is 77.5 cm³/mol. The van der Waals surface area contributed by atoms with E-state index in [1.165, 1.54) is 6.07 Å². The summed E-state index contributed by atoms with van der Waals surface area (Å²) in [5.74, 6) is 0.279. The van der Waals surface area contributed by atoms with Gasteiger partial charge < -0.3 is 10.1 Å². The van der Waals surface area contributed by atoms with Gasteiger partial charge in [-0.1, -0.05) is 36.4 Å². The smallest absolute Gasteiger partial charge is 0.225 e. The molecule has 1 amide bonds. The average Bonchev–Trinajstić information content (AvgIpc) is 2.50. The van der Waals surface area contributed by atoms with Crippen LogP contribution in [0.4, 0.5) is 4.39 Å². The Hall–Kier alpha value is -2.36. The quantitative estimate of drug-likeness (QED) is 0.941. The third kappa shape index (κ3) is 3.05. The highest BCUT2D eigenvalue weighted by Crippen LogP contribution is 2.31. The molecular weight excluding hydrogens is 269 g/mol. The van der Waals surface area contributed by atoms with E-state index >= 15 is 0 Å². The monoisotopic (exact) mass is 285 g/mol. The van der Waals surface area contributed by atoms with Crippen LogP contribution in [0.25, 0.3) is 0 Å². The molecule has 1 unspecified atom stereocenters. The van der Waals surface area contributed by atoms with Gasteiger partial charge in [0.05, 0.1) is 19.1 Å². The first-order valence-corrected chi connectivity index (χ1v) is 6.98. The van der Waals surface area contributed by atoms with Gasteiger partial charge in [0.1, 0.15) is 11.6 Å². The number of para-hydroxylation sites is 1. The van der Waals surface area contributed by atoms with Crippen molar-refractivity contribution >= 4 is 5.91 Å². The highest BCUT2D eigenvalue weighted by molar-refractivity contribution is 5.79. The summed E-state index contributed by atoms with van der Waals surface area (Å²) in [4.78, 5) is 12.1. The Kier molecular flexibility index (Phi) is 3.86. The zero-order valence-corrected chi connectivity index (χ0v) is 11.5. The van der Waals surface area contributed by atoms with Gasteiger partial charge in [-0.05, 0) is 17.7 Å². The number of carbonyl (C=O) groups is 1. The maximum Gasteiger partial charge on any atom is 0.225 e. The van der Waals surface area contributed by atoms with Gasteiger partial charge in [0.15, 0.2) is 0 Å². The van der Waals surface area contributed by atoms with Gasteiger partial charge in [-0.25, -0.2) is 4.39 Å². The second-order valence-electron chi connectivity index (χ2n) is 5.06. The summed E-state index contributed by atoms with van der Waals surface area (Å²) in [6, 6.07) is 13.9. The molecule has 0 saturated heterocycles. The first-order chi connectivity index (χ1) is 10.2. The van der Waals surface area contributed by atoms with Gasteiger partial charge in [-0.15, -0.1) is 0 Å². The molecule has 0 spiro atoms. The van der Waals surface area contributed by atoms with E-state index in [-0.39, 0.29) is 24.2 Å². The minimum Gasteiger partial charge on any atom is -0.493 e. The van der Waals surface area contributed by atoms with Gasteiger partial charge in [-0.2, -0.15) is 0 Å². The Morgan fingerprint density at radius 2 is 1.95 bits per heavy atom. The van der Waals surface area contributed by atoms with E-state index in [0.717, 1.165) is 17.7 Å². The molecule has 0 radical (unpaired) electrons. The van der Waals surface area contributed by atoms with E-state index in [2.05, 4.69) is 5.32 Å². The minimum atomic E-state index is -0.347. The van der Waals surface area contributed by atoms with E-state index in [1.54, 1.807) is 18.2 Å². The molecule has 1 aliphatic rings. The summed E-state index contributed by atoms with van der Waals surface area (Å²) in [6.07, 6.45) is 0.770. The summed E-state index contributed by atoms with van der Waals surface area (Å²) in [5, 5.41) is 2.97. The van der Waals surface area contributed by atoms with Crippen LogP contribution in [0.15, 0.2) is 48.5 Å². The number of hydrogen-bond acceptors (Lipinski definition) is 2. The van der Waals surface area contributed by atoms with Crippen molar-refractivity contribution in [1.82, 2.24) is 5.32 Å². The first-order valence-electron chi connectivity index (χ1n) is 6.98. The van der Waals surface area contributed by atoms with Crippen LogP contribution in [0.3, 0.4) is 0 Å². The number of hydrogen-bond donors (Lipinski definition) is 1. The summed E-state index contributed by atoms with van der Waals surface area (Å²) < 4.78 is 19.1. The number of rotatable bonds is 3.